The van der Waals surface area contributed by atoms with Crippen LogP contribution < -0.4 is 5.73 Å². The van der Waals surface area contributed by atoms with E-state index in [-0.39, 0.29) is 34.5 Å². The molecule has 2 N–H and O–H groups in total. The number of hydrogen-bond donors (Lipinski definition) is 1. The van der Waals surface area contributed by atoms with Crippen LogP contribution in [0.1, 0.15) is 29.3 Å². The van der Waals surface area contributed by atoms with Gasteiger partial charge in [-0.3, -0.25) is 9.80 Å². The summed E-state index contributed by atoms with van der Waals surface area (Å²) in [5, 5.41) is 3.63. The maximum Gasteiger partial charge on any atom is 0.518 e. The van der Waals surface area contributed by atoms with E-state index >= 15 is 0 Å². The van der Waals surface area contributed by atoms with Crippen molar-refractivity contribution in [3.05, 3.63) is 52.9 Å². The fourth-order valence-electron chi connectivity index (χ4n) is 4.40. The van der Waals surface area contributed by atoms with Crippen molar-refractivity contribution in [1.29, 1.82) is 0 Å². The van der Waals surface area contributed by atoms with Gasteiger partial charge < -0.3 is 5.73 Å². The van der Waals surface area contributed by atoms with E-state index in [0.717, 1.165) is 24.4 Å². The average Bonchev–Trinajstić information content (AvgIpc) is 3.22. The van der Waals surface area contributed by atoms with E-state index in [1.165, 1.54) is 0 Å². The zero-order valence-electron chi connectivity index (χ0n) is 16.4. The standard InChI is InChI=1S/C18H20F5N5O2S/c1-26-8-12(5-15(24)17(26)13-4-11(19)2-3-14(13)20)27-6-10-7-28(25-16(10)9-27)31(29,30)18(21,22)23/h2-4,7,12,15,17H,5-6,8-9,24H2,1H3/t12-,15?,17-/m1/s1. The van der Waals surface area contributed by atoms with Gasteiger partial charge in [-0.15, -0.1) is 0 Å². The van der Waals surface area contributed by atoms with Crippen LogP contribution in [-0.2, 0) is 23.1 Å². The van der Waals surface area contributed by atoms with Crippen molar-refractivity contribution in [3.63, 3.8) is 0 Å². The molecule has 3 heterocycles. The molecule has 1 unspecified atom stereocenters. The SMILES string of the molecule is CN1C[C@H](N2Cc3cn(S(=O)(=O)C(F)(F)F)nc3C2)CC(N)[C@H]1c1cc(F)ccc1F. The first-order valence-corrected chi connectivity index (χ1v) is 10.9. The van der Waals surface area contributed by atoms with Gasteiger partial charge in [-0.1, -0.05) is 0 Å². The summed E-state index contributed by atoms with van der Waals surface area (Å²) < 4.78 is 89.1. The van der Waals surface area contributed by atoms with E-state index < -0.39 is 39.2 Å². The lowest BCUT2D eigenvalue weighted by Gasteiger charge is -2.44. The Bertz CT molecular complexity index is 1070. The molecule has 2 aliphatic heterocycles. The Morgan fingerprint density at radius 2 is 1.90 bits per heavy atom. The number of aromatic nitrogens is 2. The smallest absolute Gasteiger partial charge is 0.326 e. The lowest BCUT2D eigenvalue weighted by Crippen LogP contribution is -2.54. The van der Waals surface area contributed by atoms with E-state index in [1.807, 2.05) is 9.80 Å². The normalized spacial score (nSPS) is 25.7. The van der Waals surface area contributed by atoms with E-state index in [2.05, 4.69) is 5.10 Å². The largest absolute Gasteiger partial charge is 0.518 e. The van der Waals surface area contributed by atoms with Crippen molar-refractivity contribution in [2.45, 2.75) is 43.1 Å². The molecule has 7 nitrogen and oxygen atoms in total. The maximum absolute atomic E-state index is 14.3. The van der Waals surface area contributed by atoms with Crippen molar-refractivity contribution in [1.82, 2.24) is 19.0 Å². The van der Waals surface area contributed by atoms with Crippen molar-refractivity contribution >= 4 is 10.0 Å². The topological polar surface area (TPSA) is 84.5 Å². The van der Waals surface area contributed by atoms with Crippen LogP contribution >= 0.6 is 0 Å². The van der Waals surface area contributed by atoms with E-state index in [0.29, 0.717) is 18.5 Å². The lowest BCUT2D eigenvalue weighted by atomic mass is 9.88. The Morgan fingerprint density at radius 3 is 2.52 bits per heavy atom. The average molecular weight is 465 g/mol. The van der Waals surface area contributed by atoms with Gasteiger partial charge in [0, 0.05) is 49.0 Å². The first-order valence-electron chi connectivity index (χ1n) is 9.42. The molecule has 1 aromatic heterocycles. The third kappa shape index (κ3) is 3.83. The maximum atomic E-state index is 14.3. The summed E-state index contributed by atoms with van der Waals surface area (Å²) in [5.74, 6) is -1.11. The summed E-state index contributed by atoms with van der Waals surface area (Å²) in [6, 6.07) is 2.07. The van der Waals surface area contributed by atoms with Gasteiger partial charge in [0.2, 0.25) is 0 Å². The van der Waals surface area contributed by atoms with Gasteiger partial charge in [0.25, 0.3) is 0 Å². The van der Waals surface area contributed by atoms with Crippen LogP contribution in [0.2, 0.25) is 0 Å². The highest BCUT2D eigenvalue weighted by Crippen LogP contribution is 2.35. The number of piperidine rings is 1. The van der Waals surface area contributed by atoms with Crippen molar-refractivity contribution in [3.8, 4) is 0 Å². The van der Waals surface area contributed by atoms with Gasteiger partial charge in [0.1, 0.15) is 11.6 Å². The second kappa shape index (κ2) is 7.50. The van der Waals surface area contributed by atoms with Crippen molar-refractivity contribution in [2.75, 3.05) is 13.6 Å². The number of alkyl halides is 3. The minimum atomic E-state index is -5.57. The lowest BCUT2D eigenvalue weighted by molar-refractivity contribution is -0.0449. The summed E-state index contributed by atoms with van der Waals surface area (Å²) in [7, 11) is -3.82. The zero-order valence-corrected chi connectivity index (χ0v) is 17.2. The summed E-state index contributed by atoms with van der Waals surface area (Å²) in [6.45, 7) is 0.840. The Balaban J connectivity index is 1.48. The molecule has 2 aromatic rings. The highest BCUT2D eigenvalue weighted by Gasteiger charge is 2.49. The molecule has 0 spiro atoms. The van der Waals surface area contributed by atoms with E-state index in [4.69, 9.17) is 5.73 Å². The number of likely N-dealkylation sites (N-methyl/N-ethyl adjacent to an activating group) is 1. The molecular weight excluding hydrogens is 445 g/mol. The number of rotatable bonds is 3. The van der Waals surface area contributed by atoms with Crippen LogP contribution in [0.25, 0.3) is 0 Å². The van der Waals surface area contributed by atoms with Gasteiger partial charge in [-0.05, 0) is 31.7 Å². The first kappa shape index (κ1) is 22.1. The quantitative estimate of drug-likeness (QED) is 0.698. The third-order valence-electron chi connectivity index (χ3n) is 5.84. The molecule has 1 saturated heterocycles. The van der Waals surface area contributed by atoms with Crippen LogP contribution in [0.15, 0.2) is 24.4 Å². The second-order valence-corrected chi connectivity index (χ2v) is 9.72. The molecule has 31 heavy (non-hydrogen) atoms. The summed E-state index contributed by atoms with van der Waals surface area (Å²) in [6.07, 6.45) is 1.33. The fourth-order valence-corrected chi connectivity index (χ4v) is 5.09. The van der Waals surface area contributed by atoms with E-state index in [9.17, 15) is 30.4 Å². The molecule has 4 rings (SSSR count). The molecule has 0 bridgehead atoms. The molecule has 2 aliphatic rings. The van der Waals surface area contributed by atoms with Crippen molar-refractivity contribution in [2.24, 2.45) is 5.73 Å². The summed E-state index contributed by atoms with van der Waals surface area (Å²) >= 11 is 0. The van der Waals surface area contributed by atoms with Crippen LogP contribution in [0.5, 0.6) is 0 Å². The number of halogens is 5. The number of hydrogen-bond acceptors (Lipinski definition) is 6. The van der Waals surface area contributed by atoms with Crippen LogP contribution in [0, 0.1) is 11.6 Å². The van der Waals surface area contributed by atoms with Gasteiger partial charge in [-0.25, -0.2) is 8.78 Å². The Hall–Kier alpha value is -2.09. The third-order valence-corrected chi connectivity index (χ3v) is 7.10. The number of fused-ring (bicyclic) bond motifs is 1. The fraction of sp³-hybridized carbons (Fsp3) is 0.500. The minimum Gasteiger partial charge on any atom is -0.326 e. The van der Waals surface area contributed by atoms with Crippen LogP contribution in [0.4, 0.5) is 22.0 Å². The summed E-state index contributed by atoms with van der Waals surface area (Å²) in [5.41, 5.74) is 1.68. The van der Waals surface area contributed by atoms with Crippen LogP contribution in [0.3, 0.4) is 0 Å². The molecule has 170 valence electrons. The molecule has 13 heteroatoms. The van der Waals surface area contributed by atoms with Gasteiger partial charge in [0.15, 0.2) is 0 Å². The van der Waals surface area contributed by atoms with Gasteiger partial charge >= 0.3 is 15.5 Å². The molecular formula is C18H20F5N5O2S. The number of nitrogens with two attached hydrogens (primary N) is 1. The molecule has 0 saturated carbocycles. The molecule has 1 fully saturated rings. The molecule has 0 aliphatic carbocycles. The molecule has 0 radical (unpaired) electrons. The predicted molar refractivity (Wildman–Crippen MR) is 100.0 cm³/mol. The molecule has 3 atom stereocenters. The highest BCUT2D eigenvalue weighted by atomic mass is 32.2. The summed E-state index contributed by atoms with van der Waals surface area (Å²) in [4.78, 5) is 3.76. The number of benzene rings is 1. The van der Waals surface area contributed by atoms with Crippen molar-refractivity contribution < 1.29 is 30.4 Å². The minimum absolute atomic E-state index is 0.0313. The van der Waals surface area contributed by atoms with Gasteiger partial charge in [0.05, 0.1) is 11.7 Å². The predicted octanol–water partition coefficient (Wildman–Crippen LogP) is 1.95. The van der Waals surface area contributed by atoms with Crippen LogP contribution in [-0.4, -0.2) is 58.6 Å². The second-order valence-electron chi connectivity index (χ2n) is 7.93. The Kier molecular flexibility index (Phi) is 5.35. The number of nitrogens with zero attached hydrogens (tertiary/aromatic N) is 4. The molecule has 0 amide bonds. The van der Waals surface area contributed by atoms with E-state index in [1.54, 1.807) is 7.05 Å². The number of likely N-dealkylation sites (tertiary alicyclic amines) is 1. The monoisotopic (exact) mass is 465 g/mol. The first-order chi connectivity index (χ1) is 14.4. The van der Waals surface area contributed by atoms with Gasteiger partial charge in [-0.2, -0.15) is 30.8 Å². The molecule has 1 aromatic carbocycles. The zero-order chi connectivity index (χ0) is 22.7. The Labute approximate surface area is 175 Å². The Morgan fingerprint density at radius 1 is 1.19 bits per heavy atom. The highest BCUT2D eigenvalue weighted by molar-refractivity contribution is 7.90.